The zero-order chi connectivity index (χ0) is 19.4. The first-order valence-corrected chi connectivity index (χ1v) is 9.80. The molecule has 1 aliphatic heterocycles. The van der Waals surface area contributed by atoms with Crippen molar-refractivity contribution >= 4 is 23.4 Å². The molecular weight excluding hydrogens is 360 g/mol. The zero-order valence-corrected chi connectivity index (χ0v) is 17.0. The van der Waals surface area contributed by atoms with Crippen molar-refractivity contribution < 1.29 is 4.79 Å². The van der Waals surface area contributed by atoms with Crippen molar-refractivity contribution in [1.82, 2.24) is 15.2 Å². The molecule has 1 aromatic carbocycles. The van der Waals surface area contributed by atoms with Gasteiger partial charge < -0.3 is 15.1 Å². The van der Waals surface area contributed by atoms with Gasteiger partial charge in [-0.25, -0.2) is 9.78 Å². The summed E-state index contributed by atoms with van der Waals surface area (Å²) in [5.41, 5.74) is 3.88. The van der Waals surface area contributed by atoms with Gasteiger partial charge in [0.25, 0.3) is 0 Å². The Balaban J connectivity index is 1.52. The van der Waals surface area contributed by atoms with Gasteiger partial charge in [0, 0.05) is 38.4 Å². The quantitative estimate of drug-likeness (QED) is 0.869. The number of nitrogens with zero attached hydrogens (tertiary/aromatic N) is 3. The first-order valence-electron chi connectivity index (χ1n) is 9.42. The molecule has 0 aliphatic carbocycles. The molecule has 1 fully saturated rings. The maximum absolute atomic E-state index is 12.6. The monoisotopic (exact) mass is 386 g/mol. The van der Waals surface area contributed by atoms with Crippen LogP contribution in [0.25, 0.3) is 0 Å². The van der Waals surface area contributed by atoms with E-state index in [9.17, 15) is 4.79 Å². The summed E-state index contributed by atoms with van der Waals surface area (Å²) in [6.07, 6.45) is 2.59. The lowest BCUT2D eigenvalue weighted by molar-refractivity contribution is 0.171. The Morgan fingerprint density at radius 1 is 1.26 bits per heavy atom. The molecular formula is C21H27ClN4O. The topological polar surface area (TPSA) is 48.5 Å². The number of amides is 2. The van der Waals surface area contributed by atoms with Crippen LogP contribution < -0.4 is 10.2 Å². The van der Waals surface area contributed by atoms with Crippen LogP contribution in [0.3, 0.4) is 0 Å². The van der Waals surface area contributed by atoms with E-state index in [0.717, 1.165) is 25.3 Å². The van der Waals surface area contributed by atoms with Crippen molar-refractivity contribution in [3.8, 4) is 0 Å². The van der Waals surface area contributed by atoms with Gasteiger partial charge in [-0.1, -0.05) is 29.8 Å². The Morgan fingerprint density at radius 2 is 2.07 bits per heavy atom. The summed E-state index contributed by atoms with van der Waals surface area (Å²) in [6.45, 7) is 9.06. The molecule has 1 unspecified atom stereocenters. The molecule has 1 aromatic heterocycles. The first-order chi connectivity index (χ1) is 13.0. The molecule has 2 heterocycles. The molecule has 6 heteroatoms. The molecule has 2 aromatic rings. The van der Waals surface area contributed by atoms with E-state index in [1.54, 1.807) is 6.20 Å². The van der Waals surface area contributed by atoms with E-state index in [1.807, 2.05) is 17.0 Å². The zero-order valence-electron chi connectivity index (χ0n) is 16.2. The number of benzene rings is 1. The Bertz CT molecular complexity index is 811. The average molecular weight is 387 g/mol. The lowest BCUT2D eigenvalue weighted by Gasteiger charge is -2.40. The average Bonchev–Trinajstić information content (AvgIpc) is 2.65. The molecule has 27 heavy (non-hydrogen) atoms. The van der Waals surface area contributed by atoms with Crippen LogP contribution in [0.5, 0.6) is 0 Å². The highest BCUT2D eigenvalue weighted by Crippen LogP contribution is 2.24. The molecule has 1 N–H and O–H groups in total. The summed E-state index contributed by atoms with van der Waals surface area (Å²) < 4.78 is 0. The number of aromatic nitrogens is 1. The Morgan fingerprint density at radius 3 is 2.81 bits per heavy atom. The van der Waals surface area contributed by atoms with E-state index < -0.39 is 0 Å². The number of hydrogen-bond donors (Lipinski definition) is 1. The minimum atomic E-state index is -0.000395. The Hall–Kier alpha value is -2.27. The van der Waals surface area contributed by atoms with Crippen molar-refractivity contribution in [2.45, 2.75) is 33.2 Å². The largest absolute Gasteiger partial charge is 0.352 e. The fourth-order valence-electron chi connectivity index (χ4n) is 3.55. The van der Waals surface area contributed by atoms with Crippen LogP contribution >= 0.6 is 11.6 Å². The molecule has 144 valence electrons. The number of halogens is 1. The summed E-state index contributed by atoms with van der Waals surface area (Å²) in [4.78, 5) is 21.0. The molecule has 1 aliphatic rings. The Labute approximate surface area is 166 Å². The second kappa shape index (κ2) is 8.61. The molecule has 5 nitrogen and oxygen atoms in total. The third-order valence-electron chi connectivity index (χ3n) is 5.31. The number of carbonyl (C=O) groups is 1. The molecule has 0 spiro atoms. The van der Waals surface area contributed by atoms with Crippen LogP contribution in [-0.2, 0) is 6.42 Å². The van der Waals surface area contributed by atoms with E-state index in [0.29, 0.717) is 18.1 Å². The first kappa shape index (κ1) is 19.5. The molecule has 1 saturated heterocycles. The van der Waals surface area contributed by atoms with Crippen LogP contribution in [0, 0.1) is 13.8 Å². The van der Waals surface area contributed by atoms with Gasteiger partial charge >= 0.3 is 6.03 Å². The predicted molar refractivity (Wildman–Crippen MR) is 111 cm³/mol. The fourth-order valence-corrected chi connectivity index (χ4v) is 3.79. The van der Waals surface area contributed by atoms with Gasteiger partial charge in [-0.2, -0.15) is 0 Å². The molecule has 1 atom stereocenters. The lowest BCUT2D eigenvalue weighted by Crippen LogP contribution is -2.57. The van der Waals surface area contributed by atoms with Crippen molar-refractivity contribution in [2.75, 3.05) is 31.1 Å². The number of pyridine rings is 1. The van der Waals surface area contributed by atoms with E-state index >= 15 is 0 Å². The van der Waals surface area contributed by atoms with Crippen LogP contribution in [0.4, 0.5) is 10.6 Å². The standard InChI is InChI=1S/C21H27ClN4O/c1-15-6-4-7-18(17(15)3)9-11-24-21(27)26-13-12-25(14-16(26)2)20-19(22)8-5-10-23-20/h4-8,10,16H,9,11-14H2,1-3H3,(H,24,27). The van der Waals surface area contributed by atoms with Crippen molar-refractivity contribution in [3.63, 3.8) is 0 Å². The number of rotatable bonds is 4. The van der Waals surface area contributed by atoms with E-state index in [1.165, 1.54) is 16.7 Å². The van der Waals surface area contributed by atoms with Crippen LogP contribution in [0.15, 0.2) is 36.5 Å². The second-order valence-corrected chi connectivity index (χ2v) is 7.55. The van der Waals surface area contributed by atoms with Crippen molar-refractivity contribution in [3.05, 3.63) is 58.2 Å². The molecule has 0 radical (unpaired) electrons. The summed E-state index contributed by atoms with van der Waals surface area (Å²) in [7, 11) is 0. The summed E-state index contributed by atoms with van der Waals surface area (Å²) >= 11 is 6.26. The number of piperazine rings is 1. The SMILES string of the molecule is Cc1cccc(CCNC(=O)N2CCN(c3ncccc3Cl)CC2C)c1C. The highest BCUT2D eigenvalue weighted by atomic mass is 35.5. The number of carbonyl (C=O) groups excluding carboxylic acids is 1. The second-order valence-electron chi connectivity index (χ2n) is 7.14. The number of aryl methyl sites for hydroxylation is 1. The number of hydrogen-bond acceptors (Lipinski definition) is 3. The third kappa shape index (κ3) is 4.53. The lowest BCUT2D eigenvalue weighted by atomic mass is 10.0. The van der Waals surface area contributed by atoms with Gasteiger partial charge in [0.2, 0.25) is 0 Å². The summed E-state index contributed by atoms with van der Waals surface area (Å²) in [5.74, 6) is 0.793. The maximum Gasteiger partial charge on any atom is 0.317 e. The van der Waals surface area contributed by atoms with Gasteiger partial charge in [-0.3, -0.25) is 0 Å². The van der Waals surface area contributed by atoms with Gasteiger partial charge in [0.05, 0.1) is 5.02 Å². The van der Waals surface area contributed by atoms with Crippen LogP contribution in [0.2, 0.25) is 5.02 Å². The van der Waals surface area contributed by atoms with Gasteiger partial charge in [0.1, 0.15) is 5.82 Å². The summed E-state index contributed by atoms with van der Waals surface area (Å²) in [5, 5.41) is 3.72. The van der Waals surface area contributed by atoms with Gasteiger partial charge in [-0.05, 0) is 56.0 Å². The van der Waals surface area contributed by atoms with Crippen LogP contribution in [-0.4, -0.2) is 48.1 Å². The van der Waals surface area contributed by atoms with Gasteiger partial charge in [-0.15, -0.1) is 0 Å². The molecule has 3 rings (SSSR count). The highest BCUT2D eigenvalue weighted by Gasteiger charge is 2.28. The van der Waals surface area contributed by atoms with E-state index in [2.05, 4.69) is 54.2 Å². The van der Waals surface area contributed by atoms with Crippen molar-refractivity contribution in [1.29, 1.82) is 0 Å². The minimum Gasteiger partial charge on any atom is -0.352 e. The van der Waals surface area contributed by atoms with E-state index in [-0.39, 0.29) is 12.1 Å². The fraction of sp³-hybridized carbons (Fsp3) is 0.429. The number of urea groups is 1. The third-order valence-corrected chi connectivity index (χ3v) is 5.61. The number of nitrogens with one attached hydrogen (secondary N) is 1. The Kier molecular flexibility index (Phi) is 6.22. The van der Waals surface area contributed by atoms with Crippen LogP contribution in [0.1, 0.15) is 23.6 Å². The molecule has 0 bridgehead atoms. The number of anilines is 1. The smallest absolute Gasteiger partial charge is 0.317 e. The highest BCUT2D eigenvalue weighted by molar-refractivity contribution is 6.32. The molecule has 0 saturated carbocycles. The maximum atomic E-state index is 12.6. The van der Waals surface area contributed by atoms with Gasteiger partial charge in [0.15, 0.2) is 0 Å². The van der Waals surface area contributed by atoms with Crippen molar-refractivity contribution in [2.24, 2.45) is 0 Å². The molecule has 2 amide bonds. The minimum absolute atomic E-state index is 0.000395. The normalized spacial score (nSPS) is 17.1. The summed E-state index contributed by atoms with van der Waals surface area (Å²) in [6, 6.07) is 10.1. The predicted octanol–water partition coefficient (Wildman–Crippen LogP) is 3.81. The van der Waals surface area contributed by atoms with E-state index in [4.69, 9.17) is 11.6 Å².